The lowest BCUT2D eigenvalue weighted by molar-refractivity contribution is 0.595. The summed E-state index contributed by atoms with van der Waals surface area (Å²) in [5.74, 6) is 0.689. The van der Waals surface area contributed by atoms with Crippen molar-refractivity contribution in [1.82, 2.24) is 9.97 Å². The van der Waals surface area contributed by atoms with Crippen molar-refractivity contribution in [2.75, 3.05) is 17.6 Å². The lowest BCUT2D eigenvalue weighted by atomic mass is 10.2. The van der Waals surface area contributed by atoms with Crippen LogP contribution < -0.4 is 5.32 Å². The average molecular weight is 327 g/mol. The van der Waals surface area contributed by atoms with Gasteiger partial charge in [-0.1, -0.05) is 42.5 Å². The Labute approximate surface area is 135 Å². The molecule has 0 unspecified atom stereocenters. The van der Waals surface area contributed by atoms with E-state index in [0.717, 1.165) is 16.6 Å². The minimum atomic E-state index is -3.16. The molecule has 118 valence electrons. The molecule has 0 radical (unpaired) electrons. The SMILES string of the molecule is O=S(=O)(CCNc1cnc2ccccc2n1)Cc1ccccc1. The molecule has 0 saturated carbocycles. The van der Waals surface area contributed by atoms with Crippen molar-refractivity contribution in [3.8, 4) is 0 Å². The van der Waals surface area contributed by atoms with Crippen molar-refractivity contribution in [1.29, 1.82) is 0 Å². The first-order valence-corrected chi connectivity index (χ1v) is 9.14. The first-order valence-electron chi connectivity index (χ1n) is 7.32. The number of benzene rings is 2. The zero-order chi connectivity index (χ0) is 16.1. The second kappa shape index (κ2) is 6.75. The molecular weight excluding hydrogens is 310 g/mol. The fourth-order valence-corrected chi connectivity index (χ4v) is 3.54. The third-order valence-corrected chi connectivity index (χ3v) is 5.00. The maximum absolute atomic E-state index is 12.1. The number of hydrogen-bond acceptors (Lipinski definition) is 5. The standard InChI is InChI=1S/C17H17N3O2S/c21-23(22,13-14-6-2-1-3-7-14)11-10-18-17-12-19-15-8-4-5-9-16(15)20-17/h1-9,12H,10-11,13H2,(H,18,20). The third-order valence-electron chi connectivity index (χ3n) is 3.40. The van der Waals surface area contributed by atoms with Gasteiger partial charge in [-0.2, -0.15) is 0 Å². The van der Waals surface area contributed by atoms with Crippen LogP contribution in [0.15, 0.2) is 60.8 Å². The summed E-state index contributed by atoms with van der Waals surface area (Å²) in [6, 6.07) is 16.7. The molecule has 5 nitrogen and oxygen atoms in total. The fourth-order valence-electron chi connectivity index (χ4n) is 2.28. The van der Waals surface area contributed by atoms with Crippen LogP contribution in [0.1, 0.15) is 5.56 Å². The molecule has 6 heteroatoms. The molecule has 0 spiro atoms. The molecule has 0 aliphatic heterocycles. The van der Waals surface area contributed by atoms with E-state index in [1.165, 1.54) is 0 Å². The van der Waals surface area contributed by atoms with Crippen LogP contribution in [-0.4, -0.2) is 30.7 Å². The monoisotopic (exact) mass is 327 g/mol. The Kier molecular flexibility index (Phi) is 4.52. The second-order valence-corrected chi connectivity index (χ2v) is 7.43. The van der Waals surface area contributed by atoms with Gasteiger partial charge in [-0.25, -0.2) is 13.4 Å². The summed E-state index contributed by atoms with van der Waals surface area (Å²) < 4.78 is 24.3. The summed E-state index contributed by atoms with van der Waals surface area (Å²) in [4.78, 5) is 8.70. The van der Waals surface area contributed by atoms with Gasteiger partial charge in [-0.05, 0) is 17.7 Å². The molecule has 3 aromatic rings. The second-order valence-electron chi connectivity index (χ2n) is 5.25. The molecule has 0 bridgehead atoms. The summed E-state index contributed by atoms with van der Waals surface area (Å²) in [7, 11) is -3.16. The Morgan fingerprint density at radius 3 is 2.39 bits per heavy atom. The van der Waals surface area contributed by atoms with Crippen LogP contribution in [-0.2, 0) is 15.6 Å². The van der Waals surface area contributed by atoms with E-state index in [1.807, 2.05) is 54.6 Å². The maximum Gasteiger partial charge on any atom is 0.156 e. The van der Waals surface area contributed by atoms with Gasteiger partial charge in [0.25, 0.3) is 0 Å². The van der Waals surface area contributed by atoms with Crippen molar-refractivity contribution in [2.24, 2.45) is 0 Å². The Morgan fingerprint density at radius 2 is 1.61 bits per heavy atom. The number of nitrogens with zero attached hydrogens (tertiary/aromatic N) is 2. The molecule has 23 heavy (non-hydrogen) atoms. The minimum Gasteiger partial charge on any atom is -0.368 e. The van der Waals surface area contributed by atoms with Crippen LogP contribution in [0.4, 0.5) is 5.82 Å². The Morgan fingerprint density at radius 1 is 0.913 bits per heavy atom. The smallest absolute Gasteiger partial charge is 0.156 e. The first-order chi connectivity index (χ1) is 11.1. The number of fused-ring (bicyclic) bond motifs is 1. The minimum absolute atomic E-state index is 0.0520. The van der Waals surface area contributed by atoms with Gasteiger partial charge in [-0.15, -0.1) is 0 Å². The summed E-state index contributed by atoms with van der Waals surface area (Å²) in [6.45, 7) is 0.308. The van der Waals surface area contributed by atoms with Gasteiger partial charge in [0.05, 0.1) is 28.7 Å². The van der Waals surface area contributed by atoms with Crippen LogP contribution in [0, 0.1) is 0 Å². The molecule has 0 saturated heterocycles. The normalized spacial score (nSPS) is 11.5. The van der Waals surface area contributed by atoms with Crippen molar-refractivity contribution in [3.63, 3.8) is 0 Å². The number of rotatable bonds is 6. The largest absolute Gasteiger partial charge is 0.368 e. The lowest BCUT2D eigenvalue weighted by Gasteiger charge is -2.07. The van der Waals surface area contributed by atoms with E-state index < -0.39 is 9.84 Å². The number of nitrogens with one attached hydrogen (secondary N) is 1. The van der Waals surface area contributed by atoms with Crippen LogP contribution >= 0.6 is 0 Å². The third kappa shape index (κ3) is 4.26. The number of anilines is 1. The number of sulfone groups is 1. The lowest BCUT2D eigenvalue weighted by Crippen LogP contribution is -2.17. The maximum atomic E-state index is 12.1. The van der Waals surface area contributed by atoms with Crippen molar-refractivity contribution < 1.29 is 8.42 Å². The van der Waals surface area contributed by atoms with Crippen LogP contribution in [0.2, 0.25) is 0 Å². The van der Waals surface area contributed by atoms with Gasteiger partial charge < -0.3 is 5.32 Å². The predicted octanol–water partition coefficient (Wildman–Crippen LogP) is 2.66. The molecule has 0 atom stereocenters. The summed E-state index contributed by atoms with van der Waals surface area (Å²) in [5.41, 5.74) is 2.40. The molecule has 0 fully saturated rings. The molecule has 1 N–H and O–H groups in total. The van der Waals surface area contributed by atoms with Crippen LogP contribution in [0.25, 0.3) is 11.0 Å². The number of para-hydroxylation sites is 2. The number of aromatic nitrogens is 2. The fraction of sp³-hybridized carbons (Fsp3) is 0.176. The van der Waals surface area contributed by atoms with Gasteiger partial charge >= 0.3 is 0 Å². The average Bonchev–Trinajstić information content (AvgIpc) is 2.55. The summed E-state index contributed by atoms with van der Waals surface area (Å²) in [5, 5.41) is 3.03. The molecule has 2 aromatic carbocycles. The van der Waals surface area contributed by atoms with Crippen molar-refractivity contribution >= 4 is 26.7 Å². The quantitative estimate of drug-likeness (QED) is 0.753. The van der Waals surface area contributed by atoms with Gasteiger partial charge in [0.1, 0.15) is 5.82 Å². The van der Waals surface area contributed by atoms with Crippen molar-refractivity contribution in [2.45, 2.75) is 5.75 Å². The topological polar surface area (TPSA) is 72.0 Å². The Balaban J connectivity index is 1.59. The highest BCUT2D eigenvalue weighted by atomic mass is 32.2. The highest BCUT2D eigenvalue weighted by Crippen LogP contribution is 2.11. The van der Waals surface area contributed by atoms with Crippen molar-refractivity contribution in [3.05, 3.63) is 66.4 Å². The van der Waals surface area contributed by atoms with E-state index >= 15 is 0 Å². The van der Waals surface area contributed by atoms with Gasteiger partial charge in [0, 0.05) is 6.54 Å². The Hall–Kier alpha value is -2.47. The van der Waals surface area contributed by atoms with Gasteiger partial charge in [0.15, 0.2) is 9.84 Å². The molecule has 1 aromatic heterocycles. The molecular formula is C17H17N3O2S. The Bertz CT molecular complexity index is 896. The van der Waals surface area contributed by atoms with Crippen LogP contribution in [0.5, 0.6) is 0 Å². The van der Waals surface area contributed by atoms with Gasteiger partial charge in [-0.3, -0.25) is 4.98 Å². The summed E-state index contributed by atoms with van der Waals surface area (Å²) >= 11 is 0. The van der Waals surface area contributed by atoms with E-state index in [4.69, 9.17) is 0 Å². The zero-order valence-corrected chi connectivity index (χ0v) is 13.3. The first kappa shape index (κ1) is 15.4. The highest BCUT2D eigenvalue weighted by molar-refractivity contribution is 7.90. The molecule has 1 heterocycles. The van der Waals surface area contributed by atoms with E-state index in [0.29, 0.717) is 12.4 Å². The van der Waals surface area contributed by atoms with E-state index in [9.17, 15) is 8.42 Å². The van der Waals surface area contributed by atoms with Gasteiger partial charge in [0.2, 0.25) is 0 Å². The molecule has 0 aliphatic rings. The van der Waals surface area contributed by atoms with E-state index in [-0.39, 0.29) is 11.5 Å². The summed E-state index contributed by atoms with van der Waals surface area (Å²) in [6.07, 6.45) is 1.62. The molecule has 0 aliphatic carbocycles. The predicted molar refractivity (Wildman–Crippen MR) is 92.0 cm³/mol. The number of hydrogen-bond donors (Lipinski definition) is 1. The van der Waals surface area contributed by atoms with E-state index in [1.54, 1.807) is 6.20 Å². The molecule has 3 rings (SSSR count). The zero-order valence-electron chi connectivity index (χ0n) is 12.5. The van der Waals surface area contributed by atoms with Crippen LogP contribution in [0.3, 0.4) is 0 Å². The molecule has 0 amide bonds. The van der Waals surface area contributed by atoms with E-state index in [2.05, 4.69) is 15.3 Å². The highest BCUT2D eigenvalue weighted by Gasteiger charge is 2.11.